The number of nitrogens with zero attached hydrogens (tertiary/aromatic N) is 1. The zero-order valence-electron chi connectivity index (χ0n) is 9.39. The Bertz CT molecular complexity index is 286. The van der Waals surface area contributed by atoms with Crippen LogP contribution in [0.3, 0.4) is 0 Å². The summed E-state index contributed by atoms with van der Waals surface area (Å²) in [4.78, 5) is 3.89. The van der Waals surface area contributed by atoms with E-state index in [0.29, 0.717) is 0 Å². The normalized spacial score (nSPS) is 17.5. The molecule has 1 aromatic rings. The quantitative estimate of drug-likeness (QED) is 0.640. The number of piperazine rings is 1. The van der Waals surface area contributed by atoms with E-state index in [-0.39, 0.29) is 0 Å². The minimum absolute atomic E-state index is 1.15. The van der Waals surface area contributed by atoms with Gasteiger partial charge in [0.25, 0.3) is 0 Å². The molecule has 0 unspecified atom stereocenters. The highest BCUT2D eigenvalue weighted by atomic mass is 33.1. The molecule has 0 spiro atoms. The van der Waals surface area contributed by atoms with Gasteiger partial charge in [-0.25, -0.2) is 0 Å². The summed E-state index contributed by atoms with van der Waals surface area (Å²) in [5, 5.41) is 3.38. The van der Waals surface area contributed by atoms with Crippen molar-refractivity contribution in [3.8, 4) is 0 Å². The van der Waals surface area contributed by atoms with E-state index in [0.717, 1.165) is 13.1 Å². The maximum absolute atomic E-state index is 3.38. The van der Waals surface area contributed by atoms with E-state index in [9.17, 15) is 0 Å². The van der Waals surface area contributed by atoms with Gasteiger partial charge in [0.05, 0.1) is 0 Å². The van der Waals surface area contributed by atoms with Gasteiger partial charge in [-0.3, -0.25) is 4.90 Å². The zero-order chi connectivity index (χ0) is 11.1. The van der Waals surface area contributed by atoms with Crippen molar-refractivity contribution < 1.29 is 0 Å². The lowest BCUT2D eigenvalue weighted by molar-refractivity contribution is 0.255. The SMILES string of the molecule is c1ccc(SSCCN2CCNCC2)cc1. The highest BCUT2D eigenvalue weighted by molar-refractivity contribution is 8.76. The molecule has 1 aliphatic rings. The first-order chi connectivity index (χ1) is 7.95. The average Bonchev–Trinajstić information content (AvgIpc) is 2.37. The summed E-state index contributed by atoms with van der Waals surface area (Å²) in [6, 6.07) is 10.6. The molecular formula is C12H18N2S2. The molecule has 1 heterocycles. The summed E-state index contributed by atoms with van der Waals surface area (Å²) in [5.74, 6) is 1.21. The Balaban J connectivity index is 1.58. The van der Waals surface area contributed by atoms with E-state index in [1.165, 1.54) is 30.3 Å². The maximum atomic E-state index is 3.38. The molecule has 0 bridgehead atoms. The molecular weight excluding hydrogens is 236 g/mol. The van der Waals surface area contributed by atoms with E-state index in [1.54, 1.807) is 0 Å². The summed E-state index contributed by atoms with van der Waals surface area (Å²) < 4.78 is 0. The summed E-state index contributed by atoms with van der Waals surface area (Å²) in [6.07, 6.45) is 0. The Morgan fingerprint density at radius 1 is 1.12 bits per heavy atom. The topological polar surface area (TPSA) is 15.3 Å². The van der Waals surface area contributed by atoms with Gasteiger partial charge in [-0.15, -0.1) is 0 Å². The molecule has 1 aromatic carbocycles. The van der Waals surface area contributed by atoms with Gasteiger partial charge in [0.1, 0.15) is 0 Å². The molecule has 1 fully saturated rings. The van der Waals surface area contributed by atoms with Gasteiger partial charge in [0, 0.05) is 43.4 Å². The molecule has 1 saturated heterocycles. The smallest absolute Gasteiger partial charge is 0.0182 e. The first-order valence-corrected chi connectivity index (χ1v) is 8.04. The van der Waals surface area contributed by atoms with Crippen LogP contribution < -0.4 is 5.32 Å². The monoisotopic (exact) mass is 254 g/mol. The first kappa shape index (κ1) is 12.3. The molecule has 1 aliphatic heterocycles. The van der Waals surface area contributed by atoms with Gasteiger partial charge in [-0.1, -0.05) is 39.8 Å². The van der Waals surface area contributed by atoms with Crippen LogP contribution in [0.15, 0.2) is 35.2 Å². The molecule has 16 heavy (non-hydrogen) atoms. The van der Waals surface area contributed by atoms with Gasteiger partial charge in [-0.05, 0) is 12.1 Å². The van der Waals surface area contributed by atoms with Gasteiger partial charge < -0.3 is 5.32 Å². The van der Waals surface area contributed by atoms with E-state index in [2.05, 4.69) is 40.5 Å². The molecule has 1 N–H and O–H groups in total. The fourth-order valence-corrected chi connectivity index (χ4v) is 3.72. The van der Waals surface area contributed by atoms with Gasteiger partial charge >= 0.3 is 0 Å². The molecule has 88 valence electrons. The number of rotatable bonds is 5. The van der Waals surface area contributed by atoms with Crippen LogP contribution in [0.1, 0.15) is 0 Å². The van der Waals surface area contributed by atoms with Crippen molar-refractivity contribution in [2.75, 3.05) is 38.5 Å². The third-order valence-electron chi connectivity index (χ3n) is 2.60. The first-order valence-electron chi connectivity index (χ1n) is 5.73. The fraction of sp³-hybridized carbons (Fsp3) is 0.500. The largest absolute Gasteiger partial charge is 0.314 e. The van der Waals surface area contributed by atoms with Crippen molar-refractivity contribution in [3.63, 3.8) is 0 Å². The van der Waals surface area contributed by atoms with E-state index in [4.69, 9.17) is 0 Å². The number of hydrogen-bond donors (Lipinski definition) is 1. The Morgan fingerprint density at radius 2 is 1.88 bits per heavy atom. The third kappa shape index (κ3) is 4.37. The second-order valence-electron chi connectivity index (χ2n) is 3.81. The van der Waals surface area contributed by atoms with Gasteiger partial charge in [-0.2, -0.15) is 0 Å². The van der Waals surface area contributed by atoms with Crippen molar-refractivity contribution in [2.24, 2.45) is 0 Å². The lowest BCUT2D eigenvalue weighted by Gasteiger charge is -2.26. The molecule has 2 nitrogen and oxygen atoms in total. The second-order valence-corrected chi connectivity index (χ2v) is 6.30. The molecule has 2 rings (SSSR count). The van der Waals surface area contributed by atoms with Crippen LogP contribution in [0.4, 0.5) is 0 Å². The standard InChI is InChI=1S/C12H18N2S2/c1-2-4-12(5-3-1)16-15-11-10-14-8-6-13-7-9-14/h1-5,13H,6-11H2. The van der Waals surface area contributed by atoms with Crippen molar-refractivity contribution >= 4 is 21.6 Å². The number of benzene rings is 1. The van der Waals surface area contributed by atoms with Crippen LogP contribution in [0.25, 0.3) is 0 Å². The van der Waals surface area contributed by atoms with Crippen LogP contribution in [0.5, 0.6) is 0 Å². The maximum Gasteiger partial charge on any atom is 0.0182 e. The predicted molar refractivity (Wildman–Crippen MR) is 74.1 cm³/mol. The average molecular weight is 254 g/mol. The summed E-state index contributed by atoms with van der Waals surface area (Å²) in [6.45, 7) is 5.92. The Labute approximate surface area is 106 Å². The number of hydrogen-bond acceptors (Lipinski definition) is 4. The molecule has 0 aliphatic carbocycles. The van der Waals surface area contributed by atoms with E-state index in [1.807, 2.05) is 21.6 Å². The van der Waals surface area contributed by atoms with Crippen molar-refractivity contribution in [3.05, 3.63) is 30.3 Å². The summed E-state index contributed by atoms with van der Waals surface area (Å²) in [5.41, 5.74) is 0. The lowest BCUT2D eigenvalue weighted by Crippen LogP contribution is -2.44. The minimum Gasteiger partial charge on any atom is -0.314 e. The van der Waals surface area contributed by atoms with Crippen LogP contribution in [-0.4, -0.2) is 43.4 Å². The molecule has 0 amide bonds. The van der Waals surface area contributed by atoms with Crippen LogP contribution in [-0.2, 0) is 0 Å². The summed E-state index contributed by atoms with van der Waals surface area (Å²) >= 11 is 0. The number of nitrogens with one attached hydrogen (secondary N) is 1. The van der Waals surface area contributed by atoms with Crippen LogP contribution >= 0.6 is 21.6 Å². The Hall–Kier alpha value is -0.160. The zero-order valence-corrected chi connectivity index (χ0v) is 11.0. The molecule has 4 heteroatoms. The van der Waals surface area contributed by atoms with E-state index >= 15 is 0 Å². The third-order valence-corrected chi connectivity index (χ3v) is 4.96. The van der Waals surface area contributed by atoms with Gasteiger partial charge in [0.15, 0.2) is 0 Å². The molecule has 0 radical (unpaired) electrons. The molecule has 0 atom stereocenters. The van der Waals surface area contributed by atoms with E-state index < -0.39 is 0 Å². The van der Waals surface area contributed by atoms with Crippen molar-refractivity contribution in [2.45, 2.75) is 4.90 Å². The van der Waals surface area contributed by atoms with Crippen molar-refractivity contribution in [1.82, 2.24) is 10.2 Å². The van der Waals surface area contributed by atoms with Gasteiger partial charge in [0.2, 0.25) is 0 Å². The highest BCUT2D eigenvalue weighted by Gasteiger charge is 2.08. The fourth-order valence-electron chi connectivity index (χ4n) is 1.69. The lowest BCUT2D eigenvalue weighted by atomic mass is 10.4. The molecule has 0 aromatic heterocycles. The Morgan fingerprint density at radius 3 is 2.62 bits per heavy atom. The molecule has 0 saturated carbocycles. The second kappa shape index (κ2) is 7.22. The minimum atomic E-state index is 1.15. The van der Waals surface area contributed by atoms with Crippen LogP contribution in [0, 0.1) is 0 Å². The van der Waals surface area contributed by atoms with Crippen molar-refractivity contribution in [1.29, 1.82) is 0 Å². The Kier molecular flexibility index (Phi) is 5.55. The predicted octanol–water partition coefficient (Wildman–Crippen LogP) is 2.33. The highest BCUT2D eigenvalue weighted by Crippen LogP contribution is 2.30. The van der Waals surface area contributed by atoms with Crippen LogP contribution in [0.2, 0.25) is 0 Å². The summed E-state index contributed by atoms with van der Waals surface area (Å²) in [7, 11) is 3.84.